The van der Waals surface area contributed by atoms with Gasteiger partial charge in [0.1, 0.15) is 12.2 Å². The van der Waals surface area contributed by atoms with Crippen LogP contribution in [0.1, 0.15) is 28.5 Å². The largest absolute Gasteiger partial charge is 0.363 e. The number of aromatic nitrogens is 2. The van der Waals surface area contributed by atoms with Gasteiger partial charge in [-0.2, -0.15) is 5.26 Å². The van der Waals surface area contributed by atoms with E-state index in [1.807, 2.05) is 96.7 Å². The molecule has 0 N–H and O–H groups in total. The van der Waals surface area contributed by atoms with Crippen LogP contribution in [-0.4, -0.2) is 9.55 Å². The quantitative estimate of drug-likeness (QED) is 0.239. The van der Waals surface area contributed by atoms with Gasteiger partial charge in [0.2, 0.25) is 0 Å². The summed E-state index contributed by atoms with van der Waals surface area (Å²) >= 11 is 0. The molecule has 0 spiro atoms. The molecule has 178 valence electrons. The third-order valence-electron chi connectivity index (χ3n) is 6.13. The lowest BCUT2D eigenvalue weighted by Gasteiger charge is -2.22. The van der Waals surface area contributed by atoms with Crippen LogP contribution in [0.25, 0.3) is 22.3 Å². The number of imidazole rings is 1. The molecule has 0 aliphatic heterocycles. The van der Waals surface area contributed by atoms with E-state index in [0.717, 1.165) is 39.1 Å². The first kappa shape index (κ1) is 24.9. The van der Waals surface area contributed by atoms with Gasteiger partial charge in [-0.25, -0.2) is 4.98 Å². The number of nitrogens with zero attached hydrogens (tertiary/aromatic N) is 3. The molecule has 0 fully saturated rings. The zero-order chi connectivity index (χ0) is 24.0. The summed E-state index contributed by atoms with van der Waals surface area (Å²) in [5.74, 6) is 0. The van der Waals surface area contributed by atoms with E-state index in [2.05, 4.69) is 35.3 Å². The molecule has 1 aromatic heterocycles. The van der Waals surface area contributed by atoms with Crippen LogP contribution in [0.5, 0.6) is 0 Å². The number of rotatable bonds is 7. The number of benzene rings is 4. The molecule has 4 aromatic carbocycles. The second-order valence-electron chi connectivity index (χ2n) is 8.44. The number of hydrogen-bond donors (Lipinski definition) is 0. The summed E-state index contributed by atoms with van der Waals surface area (Å²) in [6, 6.07) is 36.9. The second-order valence-corrected chi connectivity index (χ2v) is 8.44. The average molecular weight is 492 g/mol. The van der Waals surface area contributed by atoms with Crippen molar-refractivity contribution in [2.75, 3.05) is 0 Å². The molecule has 1 unspecified atom stereocenters. The van der Waals surface area contributed by atoms with Crippen molar-refractivity contribution >= 4 is 12.4 Å². The maximum atomic E-state index is 10.2. The molecule has 1 atom stereocenters. The van der Waals surface area contributed by atoms with Crippen molar-refractivity contribution in [1.29, 1.82) is 5.26 Å². The van der Waals surface area contributed by atoms with Gasteiger partial charge in [0.25, 0.3) is 0 Å². The van der Waals surface area contributed by atoms with E-state index < -0.39 is 0 Å². The number of hydrogen-bond acceptors (Lipinski definition) is 3. The lowest BCUT2D eigenvalue weighted by atomic mass is 9.88. The Labute approximate surface area is 217 Å². The third kappa shape index (κ3) is 5.23. The molecular formula is C31H26ClN3O. The number of ether oxygens (including phenoxy) is 1. The summed E-state index contributed by atoms with van der Waals surface area (Å²) in [5.41, 5.74) is 7.44. The van der Waals surface area contributed by atoms with E-state index in [-0.39, 0.29) is 18.5 Å². The standard InChI is InChI=1S/C31H25N3O.ClH/c1-34-22-33-20-30(34)31(35-21-23-11-5-2-6-12-23)26-17-27(24-13-7-3-8-14-24)29(19-32)28(18-26)25-15-9-4-10-16-25;/h2-18,20,22,31H,21H2,1H3;1H. The van der Waals surface area contributed by atoms with E-state index in [0.29, 0.717) is 12.2 Å². The van der Waals surface area contributed by atoms with Crippen LogP contribution in [0.2, 0.25) is 0 Å². The molecular weight excluding hydrogens is 466 g/mol. The number of halogens is 1. The fourth-order valence-electron chi connectivity index (χ4n) is 4.35. The monoisotopic (exact) mass is 491 g/mol. The van der Waals surface area contributed by atoms with Gasteiger partial charge in [0, 0.05) is 18.2 Å². The van der Waals surface area contributed by atoms with E-state index in [4.69, 9.17) is 4.74 Å². The first-order chi connectivity index (χ1) is 17.2. The van der Waals surface area contributed by atoms with E-state index in [1.54, 1.807) is 6.33 Å². The van der Waals surface area contributed by atoms with Crippen LogP contribution in [-0.2, 0) is 18.4 Å². The molecule has 4 nitrogen and oxygen atoms in total. The van der Waals surface area contributed by atoms with E-state index >= 15 is 0 Å². The Hall–Kier alpha value is -4.17. The first-order valence-corrected chi connectivity index (χ1v) is 11.5. The fourth-order valence-corrected chi connectivity index (χ4v) is 4.35. The van der Waals surface area contributed by atoms with Gasteiger partial charge in [-0.15, -0.1) is 12.4 Å². The van der Waals surface area contributed by atoms with Crippen molar-refractivity contribution in [3.8, 4) is 28.3 Å². The molecule has 0 saturated carbocycles. The van der Waals surface area contributed by atoms with Crippen LogP contribution in [0.4, 0.5) is 0 Å². The molecule has 5 heteroatoms. The Balaban J connectivity index is 0.00000304. The predicted molar refractivity (Wildman–Crippen MR) is 146 cm³/mol. The molecule has 5 rings (SSSR count). The Bertz CT molecular complexity index is 1400. The zero-order valence-corrected chi connectivity index (χ0v) is 20.7. The van der Waals surface area contributed by atoms with Crippen molar-refractivity contribution in [2.24, 2.45) is 7.05 Å². The van der Waals surface area contributed by atoms with Crippen LogP contribution >= 0.6 is 12.4 Å². The summed E-state index contributed by atoms with van der Waals surface area (Å²) in [6.45, 7) is 0.456. The lowest BCUT2D eigenvalue weighted by Crippen LogP contribution is -2.11. The third-order valence-corrected chi connectivity index (χ3v) is 6.13. The summed E-state index contributed by atoms with van der Waals surface area (Å²) in [6.07, 6.45) is 3.27. The minimum Gasteiger partial charge on any atom is -0.363 e. The molecule has 36 heavy (non-hydrogen) atoms. The molecule has 0 saturated heterocycles. The second kappa shape index (κ2) is 11.5. The van der Waals surface area contributed by atoms with Crippen LogP contribution in [0.15, 0.2) is 116 Å². The summed E-state index contributed by atoms with van der Waals surface area (Å²) < 4.78 is 8.54. The average Bonchev–Trinajstić information content (AvgIpc) is 3.35. The number of aryl methyl sites for hydroxylation is 1. The van der Waals surface area contributed by atoms with Gasteiger partial charge in [0.05, 0.1) is 30.4 Å². The Morgan fingerprint density at radius 1 is 0.833 bits per heavy atom. The van der Waals surface area contributed by atoms with Crippen LogP contribution in [0.3, 0.4) is 0 Å². The van der Waals surface area contributed by atoms with Gasteiger partial charge in [-0.1, -0.05) is 91.0 Å². The van der Waals surface area contributed by atoms with Crippen LogP contribution < -0.4 is 0 Å². The molecule has 0 aliphatic rings. The highest BCUT2D eigenvalue weighted by molar-refractivity contribution is 5.85. The van der Waals surface area contributed by atoms with Crippen molar-refractivity contribution in [2.45, 2.75) is 12.7 Å². The van der Waals surface area contributed by atoms with Crippen molar-refractivity contribution in [1.82, 2.24) is 9.55 Å². The Morgan fingerprint density at radius 3 is 1.83 bits per heavy atom. The first-order valence-electron chi connectivity index (χ1n) is 11.5. The Morgan fingerprint density at radius 2 is 1.36 bits per heavy atom. The maximum absolute atomic E-state index is 10.2. The lowest BCUT2D eigenvalue weighted by molar-refractivity contribution is 0.0622. The summed E-state index contributed by atoms with van der Waals surface area (Å²) in [5, 5.41) is 10.2. The van der Waals surface area contributed by atoms with Gasteiger partial charge < -0.3 is 9.30 Å². The fraction of sp³-hybridized carbons (Fsp3) is 0.0968. The molecule has 0 bridgehead atoms. The van der Waals surface area contributed by atoms with E-state index in [1.165, 1.54) is 0 Å². The zero-order valence-electron chi connectivity index (χ0n) is 19.9. The normalized spacial score (nSPS) is 11.3. The van der Waals surface area contributed by atoms with E-state index in [9.17, 15) is 5.26 Å². The number of nitriles is 1. The topological polar surface area (TPSA) is 50.8 Å². The minimum absolute atomic E-state index is 0. The highest BCUT2D eigenvalue weighted by atomic mass is 35.5. The molecule has 0 amide bonds. The van der Waals surface area contributed by atoms with Crippen molar-refractivity contribution in [3.05, 3.63) is 138 Å². The molecule has 5 aromatic rings. The highest BCUT2D eigenvalue weighted by Gasteiger charge is 2.23. The SMILES string of the molecule is Cl.Cn1cncc1C(OCc1ccccc1)c1cc(-c2ccccc2)c(C#N)c(-c2ccccc2)c1. The molecule has 0 radical (unpaired) electrons. The van der Waals surface area contributed by atoms with Crippen molar-refractivity contribution in [3.63, 3.8) is 0 Å². The maximum Gasteiger partial charge on any atom is 0.125 e. The van der Waals surface area contributed by atoms with Crippen LogP contribution in [0, 0.1) is 11.3 Å². The molecule has 1 heterocycles. The van der Waals surface area contributed by atoms with Gasteiger partial charge in [0.15, 0.2) is 0 Å². The van der Waals surface area contributed by atoms with Gasteiger partial charge in [-0.05, 0) is 34.4 Å². The summed E-state index contributed by atoms with van der Waals surface area (Å²) in [7, 11) is 1.97. The minimum atomic E-state index is -0.361. The Kier molecular flexibility index (Phi) is 7.97. The summed E-state index contributed by atoms with van der Waals surface area (Å²) in [4.78, 5) is 4.35. The predicted octanol–water partition coefficient (Wildman–Crippen LogP) is 7.35. The molecule has 0 aliphatic carbocycles. The van der Waals surface area contributed by atoms with Gasteiger partial charge in [-0.3, -0.25) is 0 Å². The highest BCUT2D eigenvalue weighted by Crippen LogP contribution is 2.38. The smallest absolute Gasteiger partial charge is 0.125 e. The van der Waals surface area contributed by atoms with Crippen molar-refractivity contribution < 1.29 is 4.74 Å². The van der Waals surface area contributed by atoms with Gasteiger partial charge >= 0.3 is 0 Å².